The molecule has 27 heavy (non-hydrogen) atoms. The minimum Gasteiger partial charge on any atom is -0.466 e. The Labute approximate surface area is 162 Å². The number of aromatic amines is 1. The lowest BCUT2D eigenvalue weighted by molar-refractivity contribution is -0.136. The molecule has 0 saturated carbocycles. The smallest absolute Gasteiger partial charge is 0.336 e. The summed E-state index contributed by atoms with van der Waals surface area (Å²) < 4.78 is 4.99. The lowest BCUT2D eigenvalue weighted by Gasteiger charge is -2.28. The van der Waals surface area contributed by atoms with Gasteiger partial charge in [0.1, 0.15) is 5.82 Å². The molecule has 0 saturated heterocycles. The summed E-state index contributed by atoms with van der Waals surface area (Å²) in [5.41, 5.74) is 3.21. The number of methoxy groups -OCH3 is 1. The molecule has 7 heteroatoms. The number of aryl methyl sites for hydroxylation is 1. The first-order chi connectivity index (χ1) is 13.0. The molecular formula is C20H23N3O3S. The Morgan fingerprint density at radius 2 is 1.96 bits per heavy atom. The van der Waals surface area contributed by atoms with E-state index in [1.54, 1.807) is 6.92 Å². The van der Waals surface area contributed by atoms with Gasteiger partial charge in [-0.05, 0) is 25.8 Å². The SMILES string of the molecule is CCCSc1nc2c(c(=O)[nH]1)[C@H](c1ccc(C)cc1)C(C(=O)OC)=C(C)N2. The molecule has 1 atom stereocenters. The van der Waals surface area contributed by atoms with Gasteiger partial charge in [-0.1, -0.05) is 48.5 Å². The number of esters is 1. The number of benzene rings is 1. The Morgan fingerprint density at radius 1 is 1.26 bits per heavy atom. The van der Waals surface area contributed by atoms with Crippen molar-refractivity contribution in [3.63, 3.8) is 0 Å². The summed E-state index contributed by atoms with van der Waals surface area (Å²) in [6.07, 6.45) is 0.982. The number of allylic oxidation sites excluding steroid dienone is 1. The van der Waals surface area contributed by atoms with E-state index < -0.39 is 11.9 Å². The summed E-state index contributed by atoms with van der Waals surface area (Å²) >= 11 is 1.50. The van der Waals surface area contributed by atoms with E-state index in [9.17, 15) is 9.59 Å². The number of nitrogens with one attached hydrogen (secondary N) is 2. The third-order valence-corrected chi connectivity index (χ3v) is 5.56. The average molecular weight is 385 g/mol. The molecule has 0 bridgehead atoms. The van der Waals surface area contributed by atoms with Crippen LogP contribution in [0.5, 0.6) is 0 Å². The van der Waals surface area contributed by atoms with Crippen molar-refractivity contribution < 1.29 is 9.53 Å². The second-order valence-electron chi connectivity index (χ2n) is 6.48. The third kappa shape index (κ3) is 3.78. The molecule has 1 aliphatic heterocycles. The zero-order chi connectivity index (χ0) is 19.6. The lowest BCUT2D eigenvalue weighted by Crippen LogP contribution is -2.31. The molecule has 0 aliphatic carbocycles. The molecule has 0 unspecified atom stereocenters. The first-order valence-electron chi connectivity index (χ1n) is 8.86. The molecule has 142 valence electrons. The minimum absolute atomic E-state index is 0.245. The number of fused-ring (bicyclic) bond motifs is 1. The summed E-state index contributed by atoms with van der Waals surface area (Å²) in [4.78, 5) is 32.9. The number of aromatic nitrogens is 2. The zero-order valence-corrected chi connectivity index (χ0v) is 16.7. The van der Waals surface area contributed by atoms with E-state index in [-0.39, 0.29) is 5.56 Å². The zero-order valence-electron chi connectivity index (χ0n) is 15.9. The Balaban J connectivity index is 2.19. The van der Waals surface area contributed by atoms with Crippen LogP contribution in [0, 0.1) is 6.92 Å². The van der Waals surface area contributed by atoms with Crippen LogP contribution >= 0.6 is 11.8 Å². The number of carbonyl (C=O) groups excluding carboxylic acids is 1. The van der Waals surface area contributed by atoms with Crippen molar-refractivity contribution in [2.24, 2.45) is 0 Å². The van der Waals surface area contributed by atoms with Crippen molar-refractivity contribution in [3.05, 3.63) is 62.6 Å². The molecule has 1 aromatic carbocycles. The second-order valence-corrected chi connectivity index (χ2v) is 7.56. The van der Waals surface area contributed by atoms with Crippen LogP contribution < -0.4 is 10.9 Å². The highest BCUT2D eigenvalue weighted by Gasteiger charge is 2.36. The highest BCUT2D eigenvalue weighted by Crippen LogP contribution is 2.40. The van der Waals surface area contributed by atoms with E-state index in [1.807, 2.05) is 31.2 Å². The van der Waals surface area contributed by atoms with Crippen molar-refractivity contribution in [3.8, 4) is 0 Å². The van der Waals surface area contributed by atoms with Crippen LogP contribution in [-0.4, -0.2) is 28.8 Å². The molecule has 1 aliphatic rings. The van der Waals surface area contributed by atoms with E-state index in [4.69, 9.17) is 4.74 Å². The number of carbonyl (C=O) groups is 1. The Kier molecular flexibility index (Phi) is 5.70. The number of anilines is 1. The second kappa shape index (κ2) is 8.00. The van der Waals surface area contributed by atoms with Gasteiger partial charge < -0.3 is 15.0 Å². The van der Waals surface area contributed by atoms with Gasteiger partial charge in [-0.25, -0.2) is 9.78 Å². The maximum Gasteiger partial charge on any atom is 0.336 e. The summed E-state index contributed by atoms with van der Waals surface area (Å²) in [6, 6.07) is 7.80. The van der Waals surface area contributed by atoms with Crippen molar-refractivity contribution in [2.45, 2.75) is 38.3 Å². The first kappa shape index (κ1) is 19.2. The number of ether oxygens (including phenoxy) is 1. The fourth-order valence-corrected chi connectivity index (χ4v) is 3.89. The number of nitrogens with zero attached hydrogens (tertiary/aromatic N) is 1. The van der Waals surface area contributed by atoms with Crippen molar-refractivity contribution in [2.75, 3.05) is 18.2 Å². The number of hydrogen-bond acceptors (Lipinski definition) is 6. The van der Waals surface area contributed by atoms with Crippen LogP contribution in [0.1, 0.15) is 42.9 Å². The van der Waals surface area contributed by atoms with Gasteiger partial charge in [-0.15, -0.1) is 0 Å². The molecule has 2 heterocycles. The van der Waals surface area contributed by atoms with Crippen molar-refractivity contribution in [1.29, 1.82) is 0 Å². The van der Waals surface area contributed by atoms with Gasteiger partial charge in [-0.2, -0.15) is 0 Å². The maximum absolute atomic E-state index is 12.9. The van der Waals surface area contributed by atoms with Gasteiger partial charge in [0.2, 0.25) is 0 Å². The fraction of sp³-hybridized carbons (Fsp3) is 0.350. The van der Waals surface area contributed by atoms with Gasteiger partial charge in [0.15, 0.2) is 5.16 Å². The molecule has 3 rings (SSSR count). The summed E-state index contributed by atoms with van der Waals surface area (Å²) in [6.45, 7) is 5.87. The molecule has 0 fully saturated rings. The van der Waals surface area contributed by atoms with Crippen LogP contribution in [0.3, 0.4) is 0 Å². The van der Waals surface area contributed by atoms with Crippen LogP contribution in [0.15, 0.2) is 45.5 Å². The monoisotopic (exact) mass is 385 g/mol. The largest absolute Gasteiger partial charge is 0.466 e. The van der Waals surface area contributed by atoms with Gasteiger partial charge in [0, 0.05) is 11.4 Å². The molecule has 0 spiro atoms. The summed E-state index contributed by atoms with van der Waals surface area (Å²) in [5.74, 6) is 0.370. The Morgan fingerprint density at radius 3 is 2.59 bits per heavy atom. The molecule has 0 radical (unpaired) electrons. The van der Waals surface area contributed by atoms with Crippen LogP contribution in [0.4, 0.5) is 5.82 Å². The van der Waals surface area contributed by atoms with Gasteiger partial charge in [0.05, 0.1) is 24.2 Å². The minimum atomic E-state index is -0.532. The number of thioether (sulfide) groups is 1. The predicted molar refractivity (Wildman–Crippen MR) is 107 cm³/mol. The van der Waals surface area contributed by atoms with Crippen LogP contribution in [0.25, 0.3) is 0 Å². The van der Waals surface area contributed by atoms with E-state index in [2.05, 4.69) is 22.2 Å². The van der Waals surface area contributed by atoms with E-state index in [0.29, 0.717) is 27.8 Å². The number of rotatable bonds is 5. The van der Waals surface area contributed by atoms with Crippen LogP contribution in [-0.2, 0) is 9.53 Å². The van der Waals surface area contributed by atoms with E-state index in [0.717, 1.165) is 23.3 Å². The Hall–Kier alpha value is -2.54. The maximum atomic E-state index is 12.9. The fourth-order valence-electron chi connectivity index (χ4n) is 3.17. The average Bonchev–Trinajstić information content (AvgIpc) is 2.65. The first-order valence-corrected chi connectivity index (χ1v) is 9.84. The third-order valence-electron chi connectivity index (χ3n) is 4.48. The summed E-state index contributed by atoms with van der Waals surface area (Å²) in [5, 5.41) is 3.70. The lowest BCUT2D eigenvalue weighted by atomic mass is 9.82. The van der Waals surface area contributed by atoms with Crippen molar-refractivity contribution in [1.82, 2.24) is 9.97 Å². The molecule has 2 aromatic rings. The highest BCUT2D eigenvalue weighted by atomic mass is 32.2. The van der Waals surface area contributed by atoms with Gasteiger partial charge >= 0.3 is 5.97 Å². The van der Waals surface area contributed by atoms with E-state index in [1.165, 1.54) is 18.9 Å². The Bertz CT molecular complexity index is 948. The number of H-pyrrole nitrogens is 1. The number of hydrogen-bond donors (Lipinski definition) is 2. The topological polar surface area (TPSA) is 84.1 Å². The standard InChI is InChI=1S/C20H23N3O3S/c1-5-10-27-20-22-17-16(18(24)23-20)15(13-8-6-11(2)7-9-13)14(12(3)21-17)19(25)26-4/h6-9,15H,5,10H2,1-4H3,(H2,21,22,23,24)/t15-/m1/s1. The van der Waals surface area contributed by atoms with Crippen LogP contribution in [0.2, 0.25) is 0 Å². The normalized spacial score (nSPS) is 15.9. The molecule has 2 N–H and O–H groups in total. The summed E-state index contributed by atoms with van der Waals surface area (Å²) in [7, 11) is 1.34. The highest BCUT2D eigenvalue weighted by molar-refractivity contribution is 7.99. The van der Waals surface area contributed by atoms with E-state index >= 15 is 0 Å². The van der Waals surface area contributed by atoms with Crippen molar-refractivity contribution >= 4 is 23.5 Å². The van der Waals surface area contributed by atoms with Gasteiger partial charge in [0.25, 0.3) is 5.56 Å². The predicted octanol–water partition coefficient (Wildman–Crippen LogP) is 3.58. The quantitative estimate of drug-likeness (QED) is 0.465. The molecule has 6 nitrogen and oxygen atoms in total. The molecular weight excluding hydrogens is 362 g/mol. The van der Waals surface area contributed by atoms with Gasteiger partial charge in [-0.3, -0.25) is 4.79 Å². The molecule has 0 amide bonds. The molecule has 1 aromatic heterocycles.